The van der Waals surface area contributed by atoms with Crippen molar-refractivity contribution in [3.63, 3.8) is 0 Å². The third-order valence-corrected chi connectivity index (χ3v) is 17.5. The minimum atomic E-state index is -1.97. The van der Waals surface area contributed by atoms with E-state index in [9.17, 15) is 87.9 Å². The van der Waals surface area contributed by atoms with Gasteiger partial charge in [-0.05, 0) is 99.3 Å². The lowest BCUT2D eigenvalue weighted by Gasteiger charge is -2.31. The maximum Gasteiger partial charge on any atom is 0.327 e. The van der Waals surface area contributed by atoms with Crippen LogP contribution >= 0.6 is 33.3 Å². The van der Waals surface area contributed by atoms with E-state index in [0.29, 0.717) is 11.1 Å². The van der Waals surface area contributed by atoms with Crippen molar-refractivity contribution in [1.29, 1.82) is 0 Å². The molecule has 2 saturated heterocycles. The number of carboxylic acids is 1. The van der Waals surface area contributed by atoms with E-state index < -0.39 is 181 Å². The van der Waals surface area contributed by atoms with Gasteiger partial charge in [-0.1, -0.05) is 59.7 Å². The van der Waals surface area contributed by atoms with Gasteiger partial charge in [0.1, 0.15) is 71.9 Å². The number of rotatable bonds is 17. The minimum absolute atomic E-state index is 0.00141. The van der Waals surface area contributed by atoms with Crippen LogP contribution in [0.3, 0.4) is 0 Å². The Bertz CT molecular complexity index is 2910. The van der Waals surface area contributed by atoms with Crippen LogP contribution in [0.15, 0.2) is 48.5 Å². The second-order valence-corrected chi connectivity index (χ2v) is 26.0. The number of fused-ring (bicyclic) bond motifs is 1. The Hall–Kier alpha value is -7.92. The molecule has 502 valence electrons. The number of aliphatic hydroxyl groups excluding tert-OH is 2. The van der Waals surface area contributed by atoms with Crippen LogP contribution in [0.25, 0.3) is 0 Å². The van der Waals surface area contributed by atoms with E-state index in [4.69, 9.17) is 17.2 Å². The van der Waals surface area contributed by atoms with Crippen molar-refractivity contribution in [2.75, 3.05) is 30.1 Å². The highest BCUT2D eigenvalue weighted by Gasteiger charge is 2.42. The van der Waals surface area contributed by atoms with Crippen LogP contribution in [0.5, 0.6) is 11.5 Å². The van der Waals surface area contributed by atoms with E-state index in [1.165, 1.54) is 60.3 Å². The molecule has 0 spiro atoms. The fourth-order valence-electron chi connectivity index (χ4n) is 9.51. The molecule has 31 nitrogen and oxygen atoms in total. The summed E-state index contributed by atoms with van der Waals surface area (Å²) in [6.07, 6.45) is -4.30. The van der Waals surface area contributed by atoms with Crippen LogP contribution in [-0.4, -0.2) is 216 Å². The van der Waals surface area contributed by atoms with Gasteiger partial charge in [0.25, 0.3) is 0 Å². The number of aliphatic hydroxyl groups is 2. The zero-order chi connectivity index (χ0) is 67.8. The molecule has 34 heteroatoms. The Kier molecular flexibility index (Phi) is 30.6. The second kappa shape index (κ2) is 36.8. The molecule has 2 fully saturated rings. The number of thioether (sulfide) groups is 1. The predicted molar refractivity (Wildman–Crippen MR) is 334 cm³/mol. The van der Waals surface area contributed by atoms with Crippen molar-refractivity contribution in [1.82, 2.24) is 52.8 Å². The number of carboxylic acid groups (broad SMARTS) is 1. The van der Waals surface area contributed by atoms with Crippen LogP contribution in [-0.2, 0) is 75.2 Å². The van der Waals surface area contributed by atoms with E-state index in [0.717, 1.165) is 40.3 Å². The fraction of sp³-hybridized carbons (Fsp3) is 0.561. The number of aliphatic carboxylic acids is 1. The Morgan fingerprint density at radius 2 is 1.01 bits per heavy atom. The number of primary amides is 2. The van der Waals surface area contributed by atoms with Gasteiger partial charge in [-0.15, -0.1) is 0 Å². The number of nitrogens with one attached hydrogen (secondary N) is 9. The summed E-state index contributed by atoms with van der Waals surface area (Å²) in [5, 5.41) is 74.3. The third kappa shape index (κ3) is 24.7. The largest absolute Gasteiger partial charge is 0.508 e. The molecular weight excluding hydrogens is 1250 g/mol. The topological polar surface area (TPSA) is 513 Å². The second-order valence-electron chi connectivity index (χ2n) is 22.4. The quantitative estimate of drug-likeness (QED) is 0.0667. The summed E-state index contributed by atoms with van der Waals surface area (Å²) in [6.45, 7) is 5.54. The number of benzene rings is 2. The zero-order valence-electron chi connectivity index (χ0n) is 50.8. The number of phenols is 2. The van der Waals surface area contributed by atoms with Crippen molar-refractivity contribution in [2.45, 2.75) is 164 Å². The SMILES string of the molecule is CSCC[C@@H]1NC(=O)[C@H](CCC(N)=O)NC(=O)[C@H](Cc2ccc(O)cc2)NC(=O)[C@H]([C@@H](C)O)NC(=O)[C@H]([C@@H](C)O)NC(=O)[C@@H]2CCCN2C(=O)[C@H](CC(N)=O)NC(=O)[C@H](Cc2ccc(O)cc2)NC(=O)[C@H](CC(C)C)NC(=O)[C@@H](N)CSSC[C@@H](C(=O)O)NC1=O. The van der Waals surface area contributed by atoms with Crippen LogP contribution < -0.4 is 65.1 Å². The molecule has 91 heavy (non-hydrogen) atoms. The van der Waals surface area contributed by atoms with Crippen LogP contribution in [0.4, 0.5) is 0 Å². The molecule has 0 aliphatic carbocycles. The molecule has 4 rings (SSSR count). The van der Waals surface area contributed by atoms with Gasteiger partial charge >= 0.3 is 5.97 Å². The standard InChI is InChI=1S/C57H83N13O18S3/c1-27(2)21-37-50(80)64-38(22-30-8-12-32(73)13-9-30)52(82)66-40(24-44(60)76)56(86)70-19-6-7-42(70)53(83)68-46(29(4)72)55(85)69-45(28(3)71)54(84)65-39(23-31-10-14-33(74)15-11-31)51(81)61-35(16-17-43(59)75)48(78)62-36(18-20-89-5)49(79)67-41(57(87)88)26-91-90-25-34(58)47(77)63-37/h8-15,27-29,34-42,45-46,71-74H,6-7,16-26,58H2,1-5H3,(H2,59,75)(H2,60,76)(H,61,81)(H,62,78)(H,63,77)(H,64,80)(H,65,84)(H,66,82)(H,67,79)(H,68,83)(H,69,85)(H,87,88)/t28-,29-,34+,35+,36+,37+,38+,39+,40+,41+,42+,45+,46+/m1/s1. The Balaban J connectivity index is 1.81. The first-order valence-electron chi connectivity index (χ1n) is 29.1. The zero-order valence-corrected chi connectivity index (χ0v) is 53.3. The Morgan fingerprint density at radius 3 is 1.51 bits per heavy atom. The summed E-state index contributed by atoms with van der Waals surface area (Å²) in [5.41, 5.74) is 18.0. The molecule has 2 heterocycles. The highest BCUT2D eigenvalue weighted by atomic mass is 33.1. The van der Waals surface area contributed by atoms with Crippen LogP contribution in [0, 0.1) is 5.92 Å². The number of carbonyl (C=O) groups is 13. The number of nitrogens with zero attached hydrogens (tertiary/aromatic N) is 1. The summed E-state index contributed by atoms with van der Waals surface area (Å²) in [4.78, 5) is 180. The predicted octanol–water partition coefficient (Wildman–Crippen LogP) is -4.25. The molecule has 0 aromatic heterocycles. The van der Waals surface area contributed by atoms with Crippen LogP contribution in [0.2, 0.25) is 0 Å². The highest BCUT2D eigenvalue weighted by Crippen LogP contribution is 2.24. The summed E-state index contributed by atoms with van der Waals surface area (Å²) < 4.78 is 0. The lowest BCUT2D eigenvalue weighted by molar-refractivity contribution is -0.144. The normalized spacial score (nSPS) is 26.3. The van der Waals surface area contributed by atoms with Crippen molar-refractivity contribution in [3.05, 3.63) is 59.7 Å². The monoisotopic (exact) mass is 1330 g/mol. The molecule has 2 aromatic rings. The number of nitrogens with two attached hydrogens (primary N) is 3. The number of hydrogen-bond donors (Lipinski definition) is 17. The number of carbonyl (C=O) groups excluding carboxylic acids is 12. The summed E-state index contributed by atoms with van der Waals surface area (Å²) >= 11 is 1.27. The first-order valence-corrected chi connectivity index (χ1v) is 33.0. The van der Waals surface area contributed by atoms with E-state index in [-0.39, 0.29) is 73.3 Å². The maximum absolute atomic E-state index is 14.5. The average molecular weight is 1330 g/mol. The number of hydrogen-bond acceptors (Lipinski definition) is 21. The van der Waals surface area contributed by atoms with Crippen LogP contribution in [0.1, 0.15) is 83.8 Å². The van der Waals surface area contributed by atoms with Gasteiger partial charge in [-0.25, -0.2) is 4.79 Å². The van der Waals surface area contributed by atoms with Gasteiger partial charge in [0.2, 0.25) is 70.9 Å². The maximum atomic E-state index is 14.5. The molecular formula is C57H83N13O18S3. The molecule has 13 atom stereocenters. The summed E-state index contributed by atoms with van der Waals surface area (Å²) in [6, 6.07) is -6.96. The Labute approximate surface area is 536 Å². The highest BCUT2D eigenvalue weighted by molar-refractivity contribution is 8.76. The van der Waals surface area contributed by atoms with Gasteiger partial charge in [0, 0.05) is 37.3 Å². The van der Waals surface area contributed by atoms with Gasteiger partial charge in [0.05, 0.1) is 24.7 Å². The molecule has 20 N–H and O–H groups in total. The van der Waals surface area contributed by atoms with E-state index in [1.807, 2.05) is 0 Å². The average Bonchev–Trinajstić information content (AvgIpc) is 3.40. The molecule has 0 radical (unpaired) electrons. The minimum Gasteiger partial charge on any atom is -0.508 e. The van der Waals surface area contributed by atoms with Crippen molar-refractivity contribution < 1.29 is 87.9 Å². The molecule has 2 aliphatic rings. The first-order chi connectivity index (χ1) is 42.9. The molecule has 0 bridgehead atoms. The lowest BCUT2D eigenvalue weighted by Crippen LogP contribution is -2.63. The summed E-state index contributed by atoms with van der Waals surface area (Å²) in [5.74, 6) is -14.7. The van der Waals surface area contributed by atoms with Gasteiger partial charge in [-0.2, -0.15) is 11.8 Å². The van der Waals surface area contributed by atoms with Crippen molar-refractivity contribution >= 4 is 110 Å². The molecule has 12 amide bonds. The van der Waals surface area contributed by atoms with E-state index in [2.05, 4.69) is 47.9 Å². The van der Waals surface area contributed by atoms with Gasteiger partial charge < -0.3 is 95.5 Å². The first kappa shape index (κ1) is 75.5. The molecule has 0 saturated carbocycles. The number of phenolic OH excluding ortho intramolecular Hbond substituents is 2. The molecule has 2 aromatic carbocycles. The van der Waals surface area contributed by atoms with E-state index in [1.54, 1.807) is 20.1 Å². The van der Waals surface area contributed by atoms with E-state index >= 15 is 0 Å². The molecule has 2 aliphatic heterocycles. The number of amides is 12. The van der Waals surface area contributed by atoms with Crippen molar-refractivity contribution in [3.8, 4) is 11.5 Å². The summed E-state index contributed by atoms with van der Waals surface area (Å²) in [7, 11) is 1.85. The lowest BCUT2D eigenvalue weighted by atomic mass is 10.00. The third-order valence-electron chi connectivity index (χ3n) is 14.4. The van der Waals surface area contributed by atoms with Crippen molar-refractivity contribution in [2.24, 2.45) is 23.1 Å². The van der Waals surface area contributed by atoms with Gasteiger partial charge in [-0.3, -0.25) is 57.5 Å². The smallest absolute Gasteiger partial charge is 0.327 e. The fourth-order valence-corrected chi connectivity index (χ4v) is 12.3. The number of aromatic hydroxyl groups is 2. The molecule has 0 unspecified atom stereocenters. The van der Waals surface area contributed by atoms with Gasteiger partial charge in [0.15, 0.2) is 0 Å². The Morgan fingerprint density at radius 1 is 0.571 bits per heavy atom.